The van der Waals surface area contributed by atoms with Gasteiger partial charge >= 0.3 is 0 Å². The second-order valence-corrected chi connectivity index (χ2v) is 6.88. The molecule has 2 atom stereocenters. The second kappa shape index (κ2) is 5.64. The third kappa shape index (κ3) is 3.37. The van der Waals surface area contributed by atoms with Crippen LogP contribution in [0.4, 0.5) is 0 Å². The Morgan fingerprint density at radius 1 is 1.16 bits per heavy atom. The molecule has 0 aromatic heterocycles. The van der Waals surface area contributed by atoms with Crippen molar-refractivity contribution in [3.8, 4) is 0 Å². The topological polar surface area (TPSA) is 15.3 Å². The predicted molar refractivity (Wildman–Crippen MR) is 82.6 cm³/mol. The van der Waals surface area contributed by atoms with Crippen molar-refractivity contribution in [1.29, 1.82) is 0 Å². The van der Waals surface area contributed by atoms with Gasteiger partial charge in [-0.05, 0) is 50.0 Å². The lowest BCUT2D eigenvalue weighted by molar-refractivity contribution is 0.235. The van der Waals surface area contributed by atoms with E-state index in [4.69, 9.17) is 0 Å². The van der Waals surface area contributed by atoms with Crippen LogP contribution in [0.5, 0.6) is 0 Å². The fourth-order valence-corrected chi connectivity index (χ4v) is 2.80. The van der Waals surface area contributed by atoms with Gasteiger partial charge in [0.2, 0.25) is 0 Å². The Balaban J connectivity index is 2.21. The minimum Gasteiger partial charge on any atom is -0.309 e. The van der Waals surface area contributed by atoms with Crippen LogP contribution in [0, 0.1) is 0 Å². The van der Waals surface area contributed by atoms with Crippen molar-refractivity contribution in [1.82, 2.24) is 10.2 Å². The molecule has 1 aromatic carbocycles. The molecule has 1 aromatic rings. The molecule has 0 bridgehead atoms. The maximum Gasteiger partial charge on any atom is 0.0475 e. The smallest absolute Gasteiger partial charge is 0.0475 e. The molecule has 1 heterocycles. The highest BCUT2D eigenvalue weighted by Gasteiger charge is 2.25. The van der Waals surface area contributed by atoms with Crippen LogP contribution in [-0.4, -0.2) is 31.1 Å². The van der Waals surface area contributed by atoms with E-state index >= 15 is 0 Å². The van der Waals surface area contributed by atoms with Crippen LogP contribution >= 0.6 is 0 Å². The van der Waals surface area contributed by atoms with Gasteiger partial charge in [-0.1, -0.05) is 45.0 Å². The predicted octanol–water partition coefficient (Wildman–Crippen LogP) is 3.34. The van der Waals surface area contributed by atoms with Crippen molar-refractivity contribution in [2.24, 2.45) is 0 Å². The molecule has 2 heteroatoms. The third-order valence-electron chi connectivity index (χ3n) is 4.37. The highest BCUT2D eigenvalue weighted by atomic mass is 15.2. The molecule has 19 heavy (non-hydrogen) atoms. The zero-order valence-electron chi connectivity index (χ0n) is 13.0. The highest BCUT2D eigenvalue weighted by Crippen LogP contribution is 2.27. The normalized spacial score (nSPS) is 26.2. The number of nitrogens with zero attached hydrogens (tertiary/aromatic N) is 1. The van der Waals surface area contributed by atoms with Gasteiger partial charge in [0.25, 0.3) is 0 Å². The minimum atomic E-state index is 0.234. The average Bonchev–Trinajstić information content (AvgIpc) is 2.52. The SMILES string of the molecule is CC1C(c2ccc(C(C)(C)C)cc2)NCCCN1C. The first-order valence-electron chi connectivity index (χ1n) is 7.43. The van der Waals surface area contributed by atoms with E-state index in [1.807, 2.05) is 0 Å². The number of hydrogen-bond donors (Lipinski definition) is 1. The Morgan fingerprint density at radius 2 is 1.79 bits per heavy atom. The van der Waals surface area contributed by atoms with E-state index in [1.165, 1.54) is 24.1 Å². The molecule has 0 aliphatic carbocycles. The maximum absolute atomic E-state index is 3.69. The summed E-state index contributed by atoms with van der Waals surface area (Å²) in [7, 11) is 2.23. The minimum absolute atomic E-state index is 0.234. The monoisotopic (exact) mass is 260 g/mol. The number of benzene rings is 1. The van der Waals surface area contributed by atoms with Crippen LogP contribution in [0.25, 0.3) is 0 Å². The second-order valence-electron chi connectivity index (χ2n) is 6.88. The lowest BCUT2D eigenvalue weighted by Gasteiger charge is -2.30. The van der Waals surface area contributed by atoms with Crippen molar-refractivity contribution in [3.05, 3.63) is 35.4 Å². The van der Waals surface area contributed by atoms with Gasteiger partial charge in [-0.3, -0.25) is 0 Å². The number of nitrogens with one attached hydrogen (secondary N) is 1. The van der Waals surface area contributed by atoms with Crippen LogP contribution in [0.1, 0.15) is 51.3 Å². The van der Waals surface area contributed by atoms with E-state index < -0.39 is 0 Å². The molecule has 2 rings (SSSR count). The molecule has 1 aliphatic heterocycles. The Labute approximate surface area is 118 Å². The largest absolute Gasteiger partial charge is 0.309 e. The standard InChI is InChI=1S/C17H28N2/c1-13-16(18-11-6-12-19(13)5)14-7-9-15(10-8-14)17(2,3)4/h7-10,13,16,18H,6,11-12H2,1-5H3. The average molecular weight is 260 g/mol. The van der Waals surface area contributed by atoms with Gasteiger partial charge in [-0.25, -0.2) is 0 Å². The fraction of sp³-hybridized carbons (Fsp3) is 0.647. The van der Waals surface area contributed by atoms with Crippen LogP contribution in [0.2, 0.25) is 0 Å². The Morgan fingerprint density at radius 3 is 2.37 bits per heavy atom. The summed E-state index contributed by atoms with van der Waals surface area (Å²) in [6.07, 6.45) is 1.23. The van der Waals surface area contributed by atoms with Gasteiger partial charge in [-0.15, -0.1) is 0 Å². The van der Waals surface area contributed by atoms with Gasteiger partial charge < -0.3 is 10.2 Å². The molecule has 1 fully saturated rings. The first kappa shape index (κ1) is 14.5. The van der Waals surface area contributed by atoms with E-state index in [0.717, 1.165) is 6.54 Å². The molecule has 1 N–H and O–H groups in total. The van der Waals surface area contributed by atoms with Gasteiger partial charge in [0.1, 0.15) is 0 Å². The zero-order chi connectivity index (χ0) is 14.0. The molecule has 106 valence electrons. The summed E-state index contributed by atoms with van der Waals surface area (Å²) in [5, 5.41) is 3.69. The van der Waals surface area contributed by atoms with Crippen molar-refractivity contribution in [3.63, 3.8) is 0 Å². The summed E-state index contributed by atoms with van der Waals surface area (Å²) in [4.78, 5) is 2.46. The molecule has 1 aliphatic rings. The van der Waals surface area contributed by atoms with Crippen molar-refractivity contribution < 1.29 is 0 Å². The first-order valence-corrected chi connectivity index (χ1v) is 7.43. The van der Waals surface area contributed by atoms with E-state index in [-0.39, 0.29) is 5.41 Å². The third-order valence-corrected chi connectivity index (χ3v) is 4.37. The number of hydrogen-bond acceptors (Lipinski definition) is 2. The fourth-order valence-electron chi connectivity index (χ4n) is 2.80. The molecule has 1 saturated heterocycles. The molecule has 0 spiro atoms. The van der Waals surface area contributed by atoms with Crippen molar-refractivity contribution >= 4 is 0 Å². The Hall–Kier alpha value is -0.860. The van der Waals surface area contributed by atoms with Crippen LogP contribution < -0.4 is 5.32 Å². The molecule has 0 radical (unpaired) electrons. The highest BCUT2D eigenvalue weighted by molar-refractivity contribution is 5.30. The summed E-state index contributed by atoms with van der Waals surface area (Å²) in [6, 6.07) is 10.2. The van der Waals surface area contributed by atoms with Crippen LogP contribution in [0.3, 0.4) is 0 Å². The summed E-state index contributed by atoms with van der Waals surface area (Å²) in [5.41, 5.74) is 3.05. The lowest BCUT2D eigenvalue weighted by Crippen LogP contribution is -2.37. The molecule has 2 nitrogen and oxygen atoms in total. The summed E-state index contributed by atoms with van der Waals surface area (Å²) in [6.45, 7) is 11.4. The Kier molecular flexibility index (Phi) is 4.32. The van der Waals surface area contributed by atoms with E-state index in [1.54, 1.807) is 0 Å². The molecule has 0 saturated carbocycles. The molecule has 2 unspecified atom stereocenters. The van der Waals surface area contributed by atoms with Gasteiger partial charge in [-0.2, -0.15) is 0 Å². The quantitative estimate of drug-likeness (QED) is 0.833. The molecular formula is C17H28N2. The summed E-state index contributed by atoms with van der Waals surface area (Å²) >= 11 is 0. The van der Waals surface area contributed by atoms with Gasteiger partial charge in [0, 0.05) is 12.1 Å². The van der Waals surface area contributed by atoms with Gasteiger partial charge in [0.15, 0.2) is 0 Å². The summed E-state index contributed by atoms with van der Waals surface area (Å²) in [5.74, 6) is 0. The zero-order valence-corrected chi connectivity index (χ0v) is 13.0. The number of likely N-dealkylation sites (N-methyl/N-ethyl adjacent to an activating group) is 1. The Bertz CT molecular complexity index is 402. The van der Waals surface area contributed by atoms with Gasteiger partial charge in [0.05, 0.1) is 0 Å². The van der Waals surface area contributed by atoms with Crippen molar-refractivity contribution in [2.75, 3.05) is 20.1 Å². The van der Waals surface area contributed by atoms with E-state index in [0.29, 0.717) is 12.1 Å². The molecular weight excluding hydrogens is 232 g/mol. The van der Waals surface area contributed by atoms with Crippen LogP contribution in [-0.2, 0) is 5.41 Å². The van der Waals surface area contributed by atoms with Crippen LogP contribution in [0.15, 0.2) is 24.3 Å². The van der Waals surface area contributed by atoms with E-state index in [2.05, 4.69) is 69.2 Å². The van der Waals surface area contributed by atoms with Crippen molar-refractivity contribution in [2.45, 2.75) is 51.6 Å². The summed E-state index contributed by atoms with van der Waals surface area (Å²) < 4.78 is 0. The molecule has 0 amide bonds. The first-order chi connectivity index (χ1) is 8.89. The maximum atomic E-state index is 3.69. The number of rotatable bonds is 1. The van der Waals surface area contributed by atoms with E-state index in [9.17, 15) is 0 Å². The lowest BCUT2D eigenvalue weighted by atomic mass is 9.86.